The molecule has 0 spiro atoms. The third kappa shape index (κ3) is 4.48. The second-order valence-electron chi connectivity index (χ2n) is 8.53. The first kappa shape index (κ1) is 23.3. The van der Waals surface area contributed by atoms with Crippen molar-refractivity contribution in [3.63, 3.8) is 0 Å². The number of halogens is 1. The summed E-state index contributed by atoms with van der Waals surface area (Å²) in [5.74, 6) is 0.398. The predicted molar refractivity (Wildman–Crippen MR) is 137 cm³/mol. The molecule has 0 saturated heterocycles. The second-order valence-corrected chi connectivity index (χ2v) is 10.6. The Morgan fingerprint density at radius 3 is 2.57 bits per heavy atom. The van der Waals surface area contributed by atoms with Crippen LogP contribution in [0, 0.1) is 6.57 Å². The highest BCUT2D eigenvalue weighted by atomic mass is 35.5. The Bertz CT molecular complexity index is 1510. The van der Waals surface area contributed by atoms with Gasteiger partial charge in [0, 0.05) is 35.4 Å². The number of rotatable bonds is 6. The second kappa shape index (κ2) is 9.66. The molecule has 0 amide bonds. The molecule has 8 nitrogen and oxygen atoms in total. The fraction of sp³-hybridized carbons (Fsp3) is 0.240. The van der Waals surface area contributed by atoms with Crippen molar-refractivity contribution in [2.45, 2.75) is 42.7 Å². The molecular formula is C25H23ClN6O2S. The summed E-state index contributed by atoms with van der Waals surface area (Å²) in [5, 5.41) is 4.05. The molecule has 1 aliphatic carbocycles. The van der Waals surface area contributed by atoms with Crippen molar-refractivity contribution in [2.24, 2.45) is 0 Å². The van der Waals surface area contributed by atoms with E-state index in [4.69, 9.17) is 18.3 Å². The molecule has 1 fully saturated rings. The number of fused-ring (bicyclic) bond motifs is 1. The van der Waals surface area contributed by atoms with Crippen molar-refractivity contribution in [2.75, 3.05) is 5.32 Å². The molecule has 178 valence electrons. The molecule has 2 heterocycles. The monoisotopic (exact) mass is 506 g/mol. The van der Waals surface area contributed by atoms with E-state index in [1.54, 1.807) is 48.7 Å². The summed E-state index contributed by atoms with van der Waals surface area (Å²) in [6.07, 6.45) is 6.87. The molecule has 2 N–H and O–H groups in total. The molecule has 2 aromatic heterocycles. The number of nitrogens with one attached hydrogen (secondary N) is 2. The van der Waals surface area contributed by atoms with Crippen LogP contribution in [0.15, 0.2) is 71.9 Å². The van der Waals surface area contributed by atoms with Crippen molar-refractivity contribution in [3.8, 4) is 11.3 Å². The van der Waals surface area contributed by atoms with E-state index in [1.807, 2.05) is 12.1 Å². The van der Waals surface area contributed by atoms with Gasteiger partial charge in [-0.25, -0.2) is 32.0 Å². The fourth-order valence-corrected chi connectivity index (χ4v) is 6.16. The van der Waals surface area contributed by atoms with Crippen molar-refractivity contribution in [1.29, 1.82) is 0 Å². The predicted octanol–water partition coefficient (Wildman–Crippen LogP) is 5.35. The first-order valence-electron chi connectivity index (χ1n) is 11.3. The van der Waals surface area contributed by atoms with Gasteiger partial charge in [0.2, 0.25) is 11.6 Å². The van der Waals surface area contributed by atoms with Gasteiger partial charge in [-0.15, -0.1) is 0 Å². The van der Waals surface area contributed by atoms with Crippen LogP contribution in [-0.2, 0) is 10.0 Å². The van der Waals surface area contributed by atoms with E-state index in [0.29, 0.717) is 28.1 Å². The minimum atomic E-state index is -3.85. The minimum absolute atomic E-state index is 0.145. The van der Waals surface area contributed by atoms with Crippen LogP contribution >= 0.6 is 11.8 Å². The fourth-order valence-electron chi connectivity index (χ4n) is 4.57. The maximum Gasteiger partial charge on any atom is 0.268 e. The average molecular weight is 507 g/mol. The van der Waals surface area contributed by atoms with Crippen LogP contribution in [0.1, 0.15) is 25.7 Å². The summed E-state index contributed by atoms with van der Waals surface area (Å²) in [4.78, 5) is 15.6. The van der Waals surface area contributed by atoms with Crippen LogP contribution in [0.5, 0.6) is 0 Å². The Kier molecular flexibility index (Phi) is 6.43. The highest BCUT2D eigenvalue weighted by molar-refractivity contribution is 7.90. The number of hydrogen-bond acceptors (Lipinski definition) is 6. The standard InChI is InChI=1S/C25H23ClN6O2S/c1-27-22-15-28-25(29-17-8-7-9-18(14-17)31-26)30-24(22)21-16-32(23-13-6-5-12-20(21)23)35(33,34)19-10-3-2-4-11-19/h2-6,10-13,15-18,31H,7-9,14H2,(H,28,29,30)/t17-,18+/m1/s1. The lowest BCUT2D eigenvalue weighted by Gasteiger charge is -2.28. The average Bonchev–Trinajstić information content (AvgIpc) is 3.30. The highest BCUT2D eigenvalue weighted by Crippen LogP contribution is 2.37. The Hall–Kier alpha value is -3.45. The van der Waals surface area contributed by atoms with Crippen molar-refractivity contribution >= 4 is 44.3 Å². The topological polar surface area (TPSA) is 93.3 Å². The maximum atomic E-state index is 13.5. The zero-order chi connectivity index (χ0) is 24.4. The molecule has 2 atom stereocenters. The van der Waals surface area contributed by atoms with Gasteiger partial charge < -0.3 is 5.32 Å². The van der Waals surface area contributed by atoms with Gasteiger partial charge in [0.15, 0.2) is 0 Å². The van der Waals surface area contributed by atoms with Crippen LogP contribution < -0.4 is 10.2 Å². The van der Waals surface area contributed by atoms with E-state index < -0.39 is 10.0 Å². The number of hydrogen-bond donors (Lipinski definition) is 2. The van der Waals surface area contributed by atoms with Gasteiger partial charge >= 0.3 is 0 Å². The van der Waals surface area contributed by atoms with Crippen LogP contribution in [0.25, 0.3) is 27.0 Å². The summed E-state index contributed by atoms with van der Waals surface area (Å²) in [7, 11) is -3.85. The van der Waals surface area contributed by atoms with Gasteiger partial charge in [-0.2, -0.15) is 0 Å². The van der Waals surface area contributed by atoms with E-state index in [0.717, 1.165) is 25.7 Å². The highest BCUT2D eigenvalue weighted by Gasteiger charge is 2.25. The number of benzene rings is 2. The Morgan fingerprint density at radius 1 is 1.06 bits per heavy atom. The number of para-hydroxylation sites is 1. The largest absolute Gasteiger partial charge is 0.352 e. The third-order valence-corrected chi connectivity index (χ3v) is 8.28. The van der Waals surface area contributed by atoms with Crippen LogP contribution in [0.3, 0.4) is 0 Å². The third-order valence-electron chi connectivity index (χ3n) is 6.28. The molecule has 0 bridgehead atoms. The normalized spacial score (nSPS) is 18.3. The Labute approximate surface area is 209 Å². The van der Waals surface area contributed by atoms with Crippen LogP contribution in [0.4, 0.5) is 11.6 Å². The molecule has 0 unspecified atom stereocenters. The quantitative estimate of drug-likeness (QED) is 0.270. The smallest absolute Gasteiger partial charge is 0.268 e. The zero-order valence-electron chi connectivity index (χ0n) is 18.7. The molecular weight excluding hydrogens is 484 g/mol. The van der Waals surface area contributed by atoms with Crippen LogP contribution in [0.2, 0.25) is 0 Å². The van der Waals surface area contributed by atoms with Gasteiger partial charge in [-0.05, 0) is 55.7 Å². The molecule has 1 aliphatic rings. The first-order valence-corrected chi connectivity index (χ1v) is 13.1. The summed E-state index contributed by atoms with van der Waals surface area (Å²) in [6.45, 7) is 7.66. The molecule has 0 radical (unpaired) electrons. The Morgan fingerprint density at radius 2 is 1.80 bits per heavy atom. The lowest BCUT2D eigenvalue weighted by molar-refractivity contribution is 0.390. The number of nitrogens with zero attached hydrogens (tertiary/aromatic N) is 4. The molecule has 0 aliphatic heterocycles. The summed E-state index contributed by atoms with van der Waals surface area (Å²) in [5.41, 5.74) is 1.71. The van der Waals surface area contributed by atoms with E-state index in [-0.39, 0.29) is 22.7 Å². The summed E-state index contributed by atoms with van der Waals surface area (Å²) in [6, 6.07) is 15.8. The zero-order valence-corrected chi connectivity index (χ0v) is 20.3. The minimum Gasteiger partial charge on any atom is -0.352 e. The van der Waals surface area contributed by atoms with Crippen molar-refractivity contribution in [3.05, 3.63) is 78.4 Å². The molecule has 2 aromatic carbocycles. The Balaban J connectivity index is 1.60. The first-order chi connectivity index (χ1) is 17.0. The SMILES string of the molecule is [C-]#[N+]c1cnc(N[C@@H]2CCC[C@H](NCl)C2)nc1-c1cn(S(=O)(=O)c2ccccc2)c2ccccc12. The van der Waals surface area contributed by atoms with Crippen LogP contribution in [-0.4, -0.2) is 34.4 Å². The van der Waals surface area contributed by atoms with Crippen molar-refractivity contribution < 1.29 is 8.42 Å². The van der Waals surface area contributed by atoms with Gasteiger partial charge in [-0.3, -0.25) is 0 Å². The van der Waals surface area contributed by atoms with E-state index in [1.165, 1.54) is 10.2 Å². The molecule has 10 heteroatoms. The van der Waals surface area contributed by atoms with Crippen molar-refractivity contribution in [1.82, 2.24) is 18.8 Å². The van der Waals surface area contributed by atoms with Gasteiger partial charge in [0.25, 0.3) is 10.0 Å². The molecule has 35 heavy (non-hydrogen) atoms. The maximum absolute atomic E-state index is 13.5. The van der Waals surface area contributed by atoms with Gasteiger partial charge in [0.1, 0.15) is 0 Å². The molecule has 4 aromatic rings. The number of aromatic nitrogens is 3. The summed E-state index contributed by atoms with van der Waals surface area (Å²) < 4.78 is 28.2. The van der Waals surface area contributed by atoms with E-state index >= 15 is 0 Å². The lowest BCUT2D eigenvalue weighted by atomic mass is 9.92. The summed E-state index contributed by atoms with van der Waals surface area (Å²) >= 11 is 5.84. The van der Waals surface area contributed by atoms with Gasteiger partial charge in [-0.1, -0.05) is 36.4 Å². The van der Waals surface area contributed by atoms with E-state index in [2.05, 4.69) is 25.0 Å². The molecule has 1 saturated carbocycles. The van der Waals surface area contributed by atoms with Gasteiger partial charge in [0.05, 0.1) is 22.7 Å². The lowest BCUT2D eigenvalue weighted by Crippen LogP contribution is -2.35. The number of anilines is 1. The van der Waals surface area contributed by atoms with E-state index in [9.17, 15) is 8.42 Å². The molecule has 5 rings (SSSR count).